The second-order valence-corrected chi connectivity index (χ2v) is 4.24. The Bertz CT molecular complexity index is 426. The van der Waals surface area contributed by atoms with Gasteiger partial charge in [0.1, 0.15) is 5.82 Å². The summed E-state index contributed by atoms with van der Waals surface area (Å²) < 4.78 is 10.2. The molecule has 0 aromatic carbocycles. The number of rotatable bonds is 9. The van der Waals surface area contributed by atoms with Crippen LogP contribution in [0.4, 0.5) is 5.82 Å². The fraction of sp³-hybridized carbons (Fsp3) is 0.538. The molecule has 0 saturated carbocycles. The van der Waals surface area contributed by atoms with Crippen molar-refractivity contribution in [3.63, 3.8) is 0 Å². The van der Waals surface area contributed by atoms with Gasteiger partial charge >= 0.3 is 0 Å². The molecule has 1 heterocycles. The monoisotopic (exact) mass is 282 g/mol. The van der Waals surface area contributed by atoms with E-state index < -0.39 is 0 Å². The van der Waals surface area contributed by atoms with Crippen LogP contribution in [-0.2, 0) is 9.47 Å². The lowest BCUT2D eigenvalue weighted by molar-refractivity contribution is 0.0688. The number of pyridine rings is 1. The van der Waals surface area contributed by atoms with E-state index >= 15 is 0 Å². The van der Waals surface area contributed by atoms with E-state index in [9.17, 15) is 4.79 Å². The number of ether oxygens (including phenoxy) is 2. The first-order valence-electron chi connectivity index (χ1n) is 6.47. The number of carbonyl (C=O) groups is 1. The smallest absolute Gasteiger partial charge is 0.251 e. The molecule has 1 aromatic rings. The third-order valence-electron chi connectivity index (χ3n) is 2.55. The number of anilines is 1. The van der Waals surface area contributed by atoms with Gasteiger partial charge in [0.25, 0.3) is 5.91 Å². The van der Waals surface area contributed by atoms with Crippen molar-refractivity contribution in [3.05, 3.63) is 23.4 Å². The zero-order chi connectivity index (χ0) is 14.8. The van der Waals surface area contributed by atoms with E-state index in [4.69, 9.17) is 15.3 Å². The summed E-state index contributed by atoms with van der Waals surface area (Å²) in [6.07, 6.45) is 0.752. The van der Waals surface area contributed by atoms with Crippen molar-refractivity contribution in [2.45, 2.75) is 13.3 Å². The minimum absolute atomic E-state index is 0.149. The highest BCUT2D eigenvalue weighted by Crippen LogP contribution is 2.08. The topological polar surface area (TPSA) is 98.5 Å². The number of nitrogens with zero attached hydrogens (tertiary/aromatic N) is 1. The number of nitrogens with one attached hydrogen (secondary N) is 2. The average Bonchev–Trinajstić information content (AvgIpc) is 2.45. The fourth-order valence-electron chi connectivity index (χ4n) is 1.60. The van der Waals surface area contributed by atoms with E-state index in [0.717, 1.165) is 12.1 Å². The second kappa shape index (κ2) is 9.24. The first-order chi connectivity index (χ1) is 9.67. The summed E-state index contributed by atoms with van der Waals surface area (Å²) >= 11 is 0. The Hall–Kier alpha value is -1.70. The maximum absolute atomic E-state index is 11.9. The van der Waals surface area contributed by atoms with Crippen LogP contribution in [0.2, 0.25) is 0 Å². The SMILES string of the molecule is COCCOCCCNC(=O)c1cc(C)nc(NN)c1. The summed E-state index contributed by atoms with van der Waals surface area (Å²) in [5, 5.41) is 2.82. The molecule has 0 aliphatic rings. The molecule has 0 saturated heterocycles. The minimum atomic E-state index is -0.149. The van der Waals surface area contributed by atoms with Gasteiger partial charge in [-0.3, -0.25) is 4.79 Å². The maximum atomic E-state index is 11.9. The lowest BCUT2D eigenvalue weighted by atomic mass is 10.2. The van der Waals surface area contributed by atoms with Crippen molar-refractivity contribution < 1.29 is 14.3 Å². The van der Waals surface area contributed by atoms with E-state index in [2.05, 4.69) is 15.7 Å². The van der Waals surface area contributed by atoms with Gasteiger partial charge in [0, 0.05) is 31.5 Å². The van der Waals surface area contributed by atoms with Crippen LogP contribution in [0.3, 0.4) is 0 Å². The largest absolute Gasteiger partial charge is 0.382 e. The molecule has 7 heteroatoms. The predicted molar refractivity (Wildman–Crippen MR) is 76.4 cm³/mol. The Labute approximate surface area is 118 Å². The summed E-state index contributed by atoms with van der Waals surface area (Å²) in [7, 11) is 1.63. The number of hydrogen-bond donors (Lipinski definition) is 3. The van der Waals surface area contributed by atoms with Gasteiger partial charge in [0.2, 0.25) is 0 Å². The Morgan fingerprint density at radius 1 is 1.35 bits per heavy atom. The Kier molecular flexibility index (Phi) is 7.56. The van der Waals surface area contributed by atoms with Crippen molar-refractivity contribution in [1.82, 2.24) is 10.3 Å². The number of amides is 1. The molecule has 112 valence electrons. The molecule has 0 atom stereocenters. The third-order valence-corrected chi connectivity index (χ3v) is 2.55. The van der Waals surface area contributed by atoms with Crippen LogP contribution in [-0.4, -0.2) is 44.4 Å². The minimum Gasteiger partial charge on any atom is -0.382 e. The Morgan fingerprint density at radius 2 is 2.15 bits per heavy atom. The summed E-state index contributed by atoms with van der Waals surface area (Å²) in [4.78, 5) is 16.1. The normalized spacial score (nSPS) is 10.3. The van der Waals surface area contributed by atoms with Gasteiger partial charge in [-0.2, -0.15) is 0 Å². The molecule has 4 N–H and O–H groups in total. The number of aryl methyl sites for hydroxylation is 1. The quantitative estimate of drug-likeness (QED) is 0.346. The van der Waals surface area contributed by atoms with Crippen molar-refractivity contribution in [2.24, 2.45) is 5.84 Å². The van der Waals surface area contributed by atoms with Crippen LogP contribution in [0.15, 0.2) is 12.1 Å². The van der Waals surface area contributed by atoms with E-state index in [-0.39, 0.29) is 5.91 Å². The highest BCUT2D eigenvalue weighted by Gasteiger charge is 2.07. The van der Waals surface area contributed by atoms with Crippen molar-refractivity contribution in [3.8, 4) is 0 Å². The van der Waals surface area contributed by atoms with Gasteiger partial charge in [-0.25, -0.2) is 10.8 Å². The molecule has 0 unspecified atom stereocenters. The standard InChI is InChI=1S/C13H22N4O3/c1-10-8-11(9-12(16-10)17-14)13(18)15-4-3-5-20-7-6-19-2/h8-9H,3-7,14H2,1-2H3,(H,15,18)(H,16,17). The summed E-state index contributed by atoms with van der Waals surface area (Å²) in [6, 6.07) is 3.32. The highest BCUT2D eigenvalue weighted by molar-refractivity contribution is 5.94. The van der Waals surface area contributed by atoms with Gasteiger partial charge in [-0.05, 0) is 25.5 Å². The van der Waals surface area contributed by atoms with Crippen LogP contribution in [0.5, 0.6) is 0 Å². The van der Waals surface area contributed by atoms with Crippen LogP contribution >= 0.6 is 0 Å². The molecule has 0 bridgehead atoms. The summed E-state index contributed by atoms with van der Waals surface area (Å²) in [5.41, 5.74) is 3.70. The zero-order valence-corrected chi connectivity index (χ0v) is 11.9. The first kappa shape index (κ1) is 16.4. The van der Waals surface area contributed by atoms with Crippen molar-refractivity contribution >= 4 is 11.7 Å². The molecule has 0 aliphatic carbocycles. The number of nitrogen functional groups attached to an aromatic ring is 1. The number of carbonyl (C=O) groups excluding carboxylic acids is 1. The molecule has 0 spiro atoms. The molecule has 0 fully saturated rings. The van der Waals surface area contributed by atoms with Gasteiger partial charge in [-0.1, -0.05) is 0 Å². The molecular formula is C13H22N4O3. The van der Waals surface area contributed by atoms with Crippen molar-refractivity contribution in [1.29, 1.82) is 0 Å². The summed E-state index contributed by atoms with van der Waals surface area (Å²) in [6.45, 7) is 4.10. The van der Waals surface area contributed by atoms with E-state index in [1.807, 2.05) is 0 Å². The highest BCUT2D eigenvalue weighted by atomic mass is 16.5. The van der Waals surface area contributed by atoms with Crippen LogP contribution in [0, 0.1) is 6.92 Å². The van der Waals surface area contributed by atoms with Gasteiger partial charge in [0.05, 0.1) is 13.2 Å². The molecule has 20 heavy (non-hydrogen) atoms. The molecule has 7 nitrogen and oxygen atoms in total. The summed E-state index contributed by atoms with van der Waals surface area (Å²) in [5.74, 6) is 5.62. The van der Waals surface area contributed by atoms with E-state index in [1.165, 1.54) is 0 Å². The molecule has 1 aromatic heterocycles. The van der Waals surface area contributed by atoms with E-state index in [1.54, 1.807) is 26.2 Å². The first-order valence-corrected chi connectivity index (χ1v) is 6.47. The van der Waals surface area contributed by atoms with Crippen LogP contribution in [0.25, 0.3) is 0 Å². The number of methoxy groups -OCH3 is 1. The molecule has 0 aliphatic heterocycles. The molecule has 0 radical (unpaired) electrons. The van der Waals surface area contributed by atoms with Gasteiger partial charge in [0.15, 0.2) is 0 Å². The van der Waals surface area contributed by atoms with Gasteiger partial charge in [-0.15, -0.1) is 0 Å². The molecule has 1 amide bonds. The lowest BCUT2D eigenvalue weighted by Gasteiger charge is -2.08. The molecule has 1 rings (SSSR count). The van der Waals surface area contributed by atoms with E-state index in [0.29, 0.717) is 37.7 Å². The lowest BCUT2D eigenvalue weighted by Crippen LogP contribution is -2.26. The van der Waals surface area contributed by atoms with Crippen LogP contribution < -0.4 is 16.6 Å². The average molecular weight is 282 g/mol. The fourth-order valence-corrected chi connectivity index (χ4v) is 1.60. The number of aromatic nitrogens is 1. The predicted octanol–water partition coefficient (Wildman–Crippen LogP) is 0.459. The third kappa shape index (κ3) is 5.96. The number of hydrazine groups is 1. The molecular weight excluding hydrogens is 260 g/mol. The second-order valence-electron chi connectivity index (χ2n) is 4.24. The Balaban J connectivity index is 2.30. The van der Waals surface area contributed by atoms with Gasteiger partial charge < -0.3 is 20.2 Å². The Morgan fingerprint density at radius 3 is 2.85 bits per heavy atom. The van der Waals surface area contributed by atoms with Crippen molar-refractivity contribution in [2.75, 3.05) is 38.9 Å². The number of hydrogen-bond acceptors (Lipinski definition) is 6. The maximum Gasteiger partial charge on any atom is 0.251 e. The van der Waals surface area contributed by atoms with Crippen LogP contribution in [0.1, 0.15) is 22.5 Å². The number of nitrogens with two attached hydrogens (primary N) is 1. The zero-order valence-electron chi connectivity index (χ0n) is 11.9.